The van der Waals surface area contributed by atoms with Crippen LogP contribution in [0.4, 0.5) is 5.13 Å². The quantitative estimate of drug-likeness (QED) is 0.386. The van der Waals surface area contributed by atoms with Crippen molar-refractivity contribution in [3.05, 3.63) is 63.5 Å². The minimum absolute atomic E-state index is 0.244. The first-order valence-electron chi connectivity index (χ1n) is 10.1. The van der Waals surface area contributed by atoms with Gasteiger partial charge in [0.25, 0.3) is 0 Å². The smallest absolute Gasteiger partial charge is 0.187 e. The van der Waals surface area contributed by atoms with Crippen molar-refractivity contribution in [3.8, 4) is 29.4 Å². The molecule has 0 aliphatic heterocycles. The number of hydrogen-bond donors (Lipinski definition) is 0. The summed E-state index contributed by atoms with van der Waals surface area (Å²) >= 11 is 8.27. The molecule has 5 heteroatoms. The minimum atomic E-state index is 0.244. The molecule has 3 nitrogen and oxygen atoms in total. The van der Waals surface area contributed by atoms with Crippen LogP contribution in [-0.4, -0.2) is 18.6 Å². The third-order valence-corrected chi connectivity index (χ3v) is 6.90. The highest BCUT2D eigenvalue weighted by atomic mass is 35.5. The number of aromatic nitrogens is 1. The number of thiazole rings is 1. The average Bonchev–Trinajstić information content (AvgIpc) is 3.51. The summed E-state index contributed by atoms with van der Waals surface area (Å²) in [5.41, 5.74) is 4.17. The maximum Gasteiger partial charge on any atom is 0.187 e. The fourth-order valence-electron chi connectivity index (χ4n) is 3.97. The first kappa shape index (κ1) is 20.8. The van der Waals surface area contributed by atoms with Crippen LogP contribution in [0.1, 0.15) is 34.9 Å². The summed E-state index contributed by atoms with van der Waals surface area (Å²) in [6, 6.07) is 14.8. The molecule has 0 radical (unpaired) electrons. The summed E-state index contributed by atoms with van der Waals surface area (Å²) in [5.74, 6) is 4.25. The van der Waals surface area contributed by atoms with E-state index in [4.69, 9.17) is 27.7 Å². The molecule has 1 atom stereocenters. The van der Waals surface area contributed by atoms with Crippen molar-refractivity contribution < 1.29 is 4.74 Å². The summed E-state index contributed by atoms with van der Waals surface area (Å²) in [6.07, 6.45) is 8.23. The van der Waals surface area contributed by atoms with E-state index in [-0.39, 0.29) is 6.04 Å². The molecule has 4 rings (SSSR count). The number of aryl methyl sites for hydroxylation is 2. The molecule has 0 amide bonds. The second-order valence-corrected chi connectivity index (χ2v) is 9.32. The lowest BCUT2D eigenvalue weighted by Crippen LogP contribution is -2.30. The summed E-state index contributed by atoms with van der Waals surface area (Å²) < 4.78 is 5.40. The van der Waals surface area contributed by atoms with E-state index in [9.17, 15) is 0 Å². The lowest BCUT2D eigenvalue weighted by Gasteiger charge is -2.30. The van der Waals surface area contributed by atoms with Gasteiger partial charge in [0.05, 0.1) is 30.4 Å². The van der Waals surface area contributed by atoms with Crippen molar-refractivity contribution in [1.29, 1.82) is 0 Å². The zero-order valence-corrected chi connectivity index (χ0v) is 19.1. The van der Waals surface area contributed by atoms with Crippen molar-refractivity contribution in [2.45, 2.75) is 32.7 Å². The van der Waals surface area contributed by atoms with Crippen molar-refractivity contribution in [2.24, 2.45) is 5.92 Å². The molecule has 30 heavy (non-hydrogen) atoms. The van der Waals surface area contributed by atoms with E-state index in [1.54, 1.807) is 18.4 Å². The minimum Gasteiger partial charge on any atom is -0.496 e. The Morgan fingerprint density at radius 2 is 2.00 bits per heavy atom. The van der Waals surface area contributed by atoms with Gasteiger partial charge in [-0.15, -0.1) is 17.8 Å². The van der Waals surface area contributed by atoms with Crippen LogP contribution < -0.4 is 9.64 Å². The van der Waals surface area contributed by atoms with Crippen molar-refractivity contribution in [1.82, 2.24) is 4.98 Å². The lowest BCUT2D eigenvalue weighted by atomic mass is 10.0. The number of anilines is 1. The van der Waals surface area contributed by atoms with Crippen LogP contribution in [0.5, 0.6) is 5.75 Å². The SMILES string of the molecule is C#CCN(c1nc(-c2cc(C)c(OC)cc2Cl)c(C)s1)[C@H](c1ccccc1)C1CC1. The van der Waals surface area contributed by atoms with Crippen LogP contribution in [0.15, 0.2) is 42.5 Å². The van der Waals surface area contributed by atoms with Crippen LogP contribution in [0, 0.1) is 32.1 Å². The van der Waals surface area contributed by atoms with Gasteiger partial charge in [-0.05, 0) is 55.9 Å². The number of methoxy groups -OCH3 is 1. The third kappa shape index (κ3) is 4.05. The van der Waals surface area contributed by atoms with Gasteiger partial charge < -0.3 is 9.64 Å². The molecule has 1 aliphatic rings. The fraction of sp³-hybridized carbons (Fsp3) is 0.320. The van der Waals surface area contributed by atoms with Crippen LogP contribution >= 0.6 is 22.9 Å². The standard InChI is InChI=1S/C25H25ClN2OS/c1-5-13-28(24(19-11-12-19)18-9-7-6-8-10-18)25-27-23(17(3)30-25)20-14-16(2)22(29-4)15-21(20)26/h1,6-10,14-15,19,24H,11-13H2,2-4H3/t24-/m1/s1. The molecule has 0 saturated heterocycles. The molecule has 2 aromatic carbocycles. The van der Waals surface area contributed by atoms with Gasteiger partial charge in [0.15, 0.2) is 5.13 Å². The molecule has 1 fully saturated rings. The van der Waals surface area contributed by atoms with Gasteiger partial charge in [-0.25, -0.2) is 4.98 Å². The second-order valence-electron chi connectivity index (χ2n) is 7.73. The Morgan fingerprint density at radius 1 is 1.27 bits per heavy atom. The maximum atomic E-state index is 6.59. The molecule has 1 aliphatic carbocycles. The Kier molecular flexibility index (Phi) is 6.04. The number of ether oxygens (including phenoxy) is 1. The highest BCUT2D eigenvalue weighted by Crippen LogP contribution is 2.48. The predicted molar refractivity (Wildman–Crippen MR) is 127 cm³/mol. The molecule has 154 valence electrons. The van der Waals surface area contributed by atoms with Gasteiger partial charge in [0.1, 0.15) is 5.75 Å². The third-order valence-electron chi connectivity index (χ3n) is 5.58. The number of nitrogens with zero attached hydrogens (tertiary/aromatic N) is 2. The van der Waals surface area contributed by atoms with Crippen LogP contribution in [0.2, 0.25) is 5.02 Å². The monoisotopic (exact) mass is 436 g/mol. The molecule has 3 aromatic rings. The van der Waals surface area contributed by atoms with E-state index >= 15 is 0 Å². The molecule has 0 unspecified atom stereocenters. The van der Waals surface area contributed by atoms with E-state index < -0.39 is 0 Å². The highest BCUT2D eigenvalue weighted by molar-refractivity contribution is 7.16. The Balaban J connectivity index is 1.76. The number of hydrogen-bond acceptors (Lipinski definition) is 4. The zero-order chi connectivity index (χ0) is 21.3. The number of rotatable bonds is 7. The Labute approximate surface area is 187 Å². The molecular weight excluding hydrogens is 412 g/mol. The van der Waals surface area contributed by atoms with Crippen molar-refractivity contribution in [3.63, 3.8) is 0 Å². The van der Waals surface area contributed by atoms with Crippen molar-refractivity contribution in [2.75, 3.05) is 18.6 Å². The number of benzene rings is 2. The van der Waals surface area contributed by atoms with Gasteiger partial charge in [-0.1, -0.05) is 47.9 Å². The Hall–Kier alpha value is -2.48. The lowest BCUT2D eigenvalue weighted by molar-refractivity contribution is 0.412. The van der Waals surface area contributed by atoms with Crippen molar-refractivity contribution >= 4 is 28.1 Å². The van der Waals surface area contributed by atoms with Crippen LogP contribution in [0.25, 0.3) is 11.3 Å². The van der Waals surface area contributed by atoms with Gasteiger partial charge in [-0.3, -0.25) is 0 Å². The van der Waals surface area contributed by atoms with Gasteiger partial charge in [0, 0.05) is 10.4 Å². The van der Waals surface area contributed by atoms with Gasteiger partial charge >= 0.3 is 0 Å². The van der Waals surface area contributed by atoms with E-state index in [2.05, 4.69) is 48.1 Å². The first-order chi connectivity index (χ1) is 14.5. The van der Waals surface area contributed by atoms with E-state index in [0.717, 1.165) is 32.6 Å². The Bertz CT molecular complexity index is 1080. The highest BCUT2D eigenvalue weighted by Gasteiger charge is 2.37. The molecule has 1 saturated carbocycles. The predicted octanol–water partition coefficient (Wildman–Crippen LogP) is 6.68. The van der Waals surface area contributed by atoms with E-state index in [0.29, 0.717) is 17.5 Å². The Morgan fingerprint density at radius 3 is 2.63 bits per heavy atom. The van der Waals surface area contributed by atoms with Gasteiger partial charge in [0.2, 0.25) is 0 Å². The zero-order valence-electron chi connectivity index (χ0n) is 17.5. The topological polar surface area (TPSA) is 25.4 Å². The van der Waals surface area contributed by atoms with Gasteiger partial charge in [-0.2, -0.15) is 0 Å². The summed E-state index contributed by atoms with van der Waals surface area (Å²) in [6.45, 7) is 4.64. The number of halogens is 1. The molecular formula is C25H25ClN2OS. The molecule has 0 spiro atoms. The average molecular weight is 437 g/mol. The summed E-state index contributed by atoms with van der Waals surface area (Å²) in [4.78, 5) is 8.45. The molecule has 0 bridgehead atoms. The van der Waals surface area contributed by atoms with E-state index in [1.165, 1.54) is 18.4 Å². The normalized spacial score (nSPS) is 14.2. The van der Waals surface area contributed by atoms with Crippen LogP contribution in [0.3, 0.4) is 0 Å². The molecule has 0 N–H and O–H groups in total. The summed E-state index contributed by atoms with van der Waals surface area (Å²) in [5, 5.41) is 1.59. The summed E-state index contributed by atoms with van der Waals surface area (Å²) in [7, 11) is 1.66. The molecule has 1 aromatic heterocycles. The second kappa shape index (κ2) is 8.71. The largest absolute Gasteiger partial charge is 0.496 e. The van der Waals surface area contributed by atoms with E-state index in [1.807, 2.05) is 19.1 Å². The number of terminal acetylenes is 1. The molecule has 1 heterocycles. The first-order valence-corrected chi connectivity index (χ1v) is 11.3. The maximum absolute atomic E-state index is 6.59. The van der Waals surface area contributed by atoms with Crippen LogP contribution in [-0.2, 0) is 0 Å². The fourth-order valence-corrected chi connectivity index (χ4v) is 5.17.